The summed E-state index contributed by atoms with van der Waals surface area (Å²) in [4.78, 5) is 12.2. The molecular weight excluding hydrogens is 328 g/mol. The minimum absolute atomic E-state index is 0.191. The molecule has 0 aliphatic carbocycles. The molecule has 20 heavy (non-hydrogen) atoms. The van der Waals surface area contributed by atoms with Gasteiger partial charge in [0.1, 0.15) is 17.6 Å². The fraction of sp³-hybridized carbons (Fsp3) is 0.0667. The maximum Gasteiger partial charge on any atom is 0.187 e. The fourth-order valence-electron chi connectivity index (χ4n) is 1.82. The van der Waals surface area contributed by atoms with E-state index in [2.05, 4.69) is 15.9 Å². The predicted molar refractivity (Wildman–Crippen MR) is 73.2 cm³/mol. The molecule has 0 N–H and O–H groups in total. The molecule has 0 saturated carbocycles. The minimum atomic E-state index is -1.23. The number of nitriles is 1. The Labute approximate surface area is 122 Å². The number of halogens is 3. The second kappa shape index (κ2) is 5.93. The van der Waals surface area contributed by atoms with Crippen molar-refractivity contribution < 1.29 is 13.6 Å². The Kier molecular flexibility index (Phi) is 4.26. The van der Waals surface area contributed by atoms with Gasteiger partial charge in [-0.05, 0) is 35.9 Å². The molecule has 1 atom stereocenters. The zero-order valence-electron chi connectivity index (χ0n) is 10.1. The molecule has 0 aromatic heterocycles. The van der Waals surface area contributed by atoms with Crippen LogP contribution in [0.4, 0.5) is 8.78 Å². The number of carbonyl (C=O) groups is 1. The summed E-state index contributed by atoms with van der Waals surface area (Å²) in [5, 5.41) is 9.12. The Morgan fingerprint density at radius 3 is 2.55 bits per heavy atom. The first-order valence-electron chi connectivity index (χ1n) is 5.67. The molecular formula is C15H8BrF2NO. The van der Waals surface area contributed by atoms with E-state index >= 15 is 0 Å². The van der Waals surface area contributed by atoms with Gasteiger partial charge in [0.25, 0.3) is 0 Å². The maximum atomic E-state index is 13.8. The van der Waals surface area contributed by atoms with Crippen LogP contribution in [0.25, 0.3) is 0 Å². The van der Waals surface area contributed by atoms with Crippen molar-refractivity contribution in [1.29, 1.82) is 5.26 Å². The molecule has 0 aliphatic rings. The molecule has 0 spiro atoms. The van der Waals surface area contributed by atoms with Crippen molar-refractivity contribution >= 4 is 21.7 Å². The quantitative estimate of drug-likeness (QED) is 0.788. The lowest BCUT2D eigenvalue weighted by molar-refractivity contribution is 0.0975. The van der Waals surface area contributed by atoms with Gasteiger partial charge in [0.15, 0.2) is 5.78 Å². The molecule has 0 amide bonds. The Hall–Kier alpha value is -2.06. The van der Waals surface area contributed by atoms with Crippen molar-refractivity contribution in [3.8, 4) is 6.07 Å². The molecule has 0 bridgehead atoms. The van der Waals surface area contributed by atoms with Gasteiger partial charge in [-0.2, -0.15) is 5.26 Å². The van der Waals surface area contributed by atoms with Gasteiger partial charge in [-0.1, -0.05) is 28.1 Å². The Morgan fingerprint density at radius 2 is 1.95 bits per heavy atom. The van der Waals surface area contributed by atoms with E-state index in [-0.39, 0.29) is 11.1 Å². The SMILES string of the molecule is N#CC(C(=O)c1ccc(Br)cc1F)c1cccc(F)c1. The highest BCUT2D eigenvalue weighted by molar-refractivity contribution is 9.10. The second-order valence-corrected chi connectivity index (χ2v) is 5.02. The summed E-state index contributed by atoms with van der Waals surface area (Å²) in [7, 11) is 0. The van der Waals surface area contributed by atoms with E-state index < -0.39 is 23.3 Å². The van der Waals surface area contributed by atoms with Crippen molar-refractivity contribution in [3.63, 3.8) is 0 Å². The standard InChI is InChI=1S/C15H8BrF2NO/c16-10-4-5-12(14(18)7-10)15(20)13(8-19)9-2-1-3-11(17)6-9/h1-7,13H. The van der Waals surface area contributed by atoms with Crippen molar-refractivity contribution in [1.82, 2.24) is 0 Å². The van der Waals surface area contributed by atoms with E-state index in [0.717, 1.165) is 12.1 Å². The Morgan fingerprint density at radius 1 is 1.20 bits per heavy atom. The number of nitrogens with zero attached hydrogens (tertiary/aromatic N) is 1. The van der Waals surface area contributed by atoms with Crippen LogP contribution in [0.2, 0.25) is 0 Å². The van der Waals surface area contributed by atoms with Crippen LogP contribution < -0.4 is 0 Å². The van der Waals surface area contributed by atoms with Crippen LogP contribution >= 0.6 is 15.9 Å². The van der Waals surface area contributed by atoms with Gasteiger partial charge in [-0.3, -0.25) is 4.79 Å². The van der Waals surface area contributed by atoms with Gasteiger partial charge in [-0.25, -0.2) is 8.78 Å². The van der Waals surface area contributed by atoms with E-state index in [9.17, 15) is 13.6 Å². The normalized spacial score (nSPS) is 11.7. The van der Waals surface area contributed by atoms with Crippen LogP contribution in [-0.4, -0.2) is 5.78 Å². The molecule has 0 radical (unpaired) electrons. The first-order valence-corrected chi connectivity index (χ1v) is 6.46. The number of benzene rings is 2. The lowest BCUT2D eigenvalue weighted by Crippen LogP contribution is -2.13. The summed E-state index contributed by atoms with van der Waals surface area (Å²) in [6, 6.07) is 10.9. The second-order valence-electron chi connectivity index (χ2n) is 4.11. The van der Waals surface area contributed by atoms with Crippen molar-refractivity contribution in [3.05, 3.63) is 69.7 Å². The largest absolute Gasteiger partial charge is 0.292 e. The van der Waals surface area contributed by atoms with Crippen LogP contribution in [0.3, 0.4) is 0 Å². The van der Waals surface area contributed by atoms with Gasteiger partial charge in [0, 0.05) is 4.47 Å². The van der Waals surface area contributed by atoms with E-state index in [0.29, 0.717) is 4.47 Å². The van der Waals surface area contributed by atoms with Crippen LogP contribution in [0, 0.1) is 23.0 Å². The Balaban J connectivity index is 2.42. The molecule has 0 aliphatic heterocycles. The van der Waals surface area contributed by atoms with Crippen LogP contribution in [0.5, 0.6) is 0 Å². The summed E-state index contributed by atoms with van der Waals surface area (Å²) in [6.45, 7) is 0. The topological polar surface area (TPSA) is 40.9 Å². The molecule has 0 fully saturated rings. The van der Waals surface area contributed by atoms with Crippen LogP contribution in [0.15, 0.2) is 46.9 Å². The van der Waals surface area contributed by atoms with E-state index in [1.165, 1.54) is 30.3 Å². The highest BCUT2D eigenvalue weighted by Gasteiger charge is 2.24. The number of hydrogen-bond acceptors (Lipinski definition) is 2. The zero-order valence-corrected chi connectivity index (χ0v) is 11.7. The van der Waals surface area contributed by atoms with Crippen molar-refractivity contribution in [2.75, 3.05) is 0 Å². The Bertz CT molecular complexity index is 709. The summed E-state index contributed by atoms with van der Waals surface area (Å²) >= 11 is 3.09. The third-order valence-electron chi connectivity index (χ3n) is 2.77. The molecule has 1 unspecified atom stereocenters. The number of hydrogen-bond donors (Lipinski definition) is 0. The smallest absolute Gasteiger partial charge is 0.187 e. The van der Waals surface area contributed by atoms with E-state index in [1.54, 1.807) is 6.07 Å². The number of Topliss-reactive ketones (excluding diaryl/α,β-unsaturated/α-hetero) is 1. The molecule has 2 aromatic rings. The average molecular weight is 336 g/mol. The van der Waals surface area contributed by atoms with E-state index in [4.69, 9.17) is 5.26 Å². The third-order valence-corrected chi connectivity index (χ3v) is 3.26. The maximum absolute atomic E-state index is 13.8. The lowest BCUT2D eigenvalue weighted by atomic mass is 9.91. The van der Waals surface area contributed by atoms with E-state index in [1.807, 2.05) is 0 Å². The zero-order chi connectivity index (χ0) is 14.7. The third kappa shape index (κ3) is 2.91. The van der Waals surface area contributed by atoms with Gasteiger partial charge in [0.2, 0.25) is 0 Å². The summed E-state index contributed by atoms with van der Waals surface area (Å²) in [6.07, 6.45) is 0. The van der Waals surface area contributed by atoms with Crippen molar-refractivity contribution in [2.24, 2.45) is 0 Å². The van der Waals surface area contributed by atoms with Crippen LogP contribution in [0.1, 0.15) is 21.8 Å². The van der Waals surface area contributed by atoms with Crippen molar-refractivity contribution in [2.45, 2.75) is 5.92 Å². The molecule has 2 rings (SSSR count). The molecule has 0 heterocycles. The summed E-state index contributed by atoms with van der Waals surface area (Å²) in [5.41, 5.74) is 0.0174. The van der Waals surface area contributed by atoms with Gasteiger partial charge >= 0.3 is 0 Å². The number of carbonyl (C=O) groups excluding carboxylic acids is 1. The number of rotatable bonds is 3. The molecule has 0 saturated heterocycles. The van der Waals surface area contributed by atoms with Gasteiger partial charge in [-0.15, -0.1) is 0 Å². The average Bonchev–Trinajstić information content (AvgIpc) is 2.39. The first-order chi connectivity index (χ1) is 9.52. The molecule has 5 heteroatoms. The fourth-order valence-corrected chi connectivity index (χ4v) is 2.15. The van der Waals surface area contributed by atoms with Crippen LogP contribution in [-0.2, 0) is 0 Å². The molecule has 2 nitrogen and oxygen atoms in total. The number of ketones is 1. The highest BCUT2D eigenvalue weighted by atomic mass is 79.9. The molecule has 2 aromatic carbocycles. The monoisotopic (exact) mass is 335 g/mol. The molecule has 100 valence electrons. The van der Waals surface area contributed by atoms with Gasteiger partial charge in [0.05, 0.1) is 11.6 Å². The summed E-state index contributed by atoms with van der Waals surface area (Å²) in [5.74, 6) is -3.20. The minimum Gasteiger partial charge on any atom is -0.292 e. The predicted octanol–water partition coefficient (Wildman–Crippen LogP) is 4.22. The lowest BCUT2D eigenvalue weighted by Gasteiger charge is -2.09. The van der Waals surface area contributed by atoms with Gasteiger partial charge < -0.3 is 0 Å². The summed E-state index contributed by atoms with van der Waals surface area (Å²) < 4.78 is 27.4. The first kappa shape index (κ1) is 14.4. The highest BCUT2D eigenvalue weighted by Crippen LogP contribution is 2.24.